The third-order valence-electron chi connectivity index (χ3n) is 3.65. The lowest BCUT2D eigenvalue weighted by Crippen LogP contribution is -2.29. The summed E-state index contributed by atoms with van der Waals surface area (Å²) in [6, 6.07) is 7.28. The Hall–Kier alpha value is -3.21. The molecule has 3 heterocycles. The maximum absolute atomic E-state index is 12.3. The molecule has 1 fully saturated rings. The van der Waals surface area contributed by atoms with E-state index in [0.29, 0.717) is 11.6 Å². The van der Waals surface area contributed by atoms with Crippen LogP contribution in [0.4, 0.5) is 5.82 Å². The molecule has 23 heavy (non-hydrogen) atoms. The predicted octanol–water partition coefficient (Wildman–Crippen LogP) is 0.665. The predicted molar refractivity (Wildman–Crippen MR) is 78.6 cm³/mol. The first-order valence-corrected chi connectivity index (χ1v) is 6.93. The average molecular weight is 311 g/mol. The maximum Gasteiger partial charge on any atom is 0.311 e. The summed E-state index contributed by atoms with van der Waals surface area (Å²) in [6.45, 7) is 0.152. The van der Waals surface area contributed by atoms with Gasteiger partial charge in [-0.1, -0.05) is 6.07 Å². The van der Waals surface area contributed by atoms with Crippen LogP contribution in [-0.2, 0) is 14.3 Å². The van der Waals surface area contributed by atoms with Gasteiger partial charge in [-0.15, -0.1) is 0 Å². The zero-order chi connectivity index (χ0) is 16.4. The highest BCUT2D eigenvalue weighted by Gasteiger charge is 2.38. The number of hydrogen-bond donors (Lipinski definition) is 0. The molecule has 0 aliphatic carbocycles. The summed E-state index contributed by atoms with van der Waals surface area (Å²) in [6.07, 6.45) is 3.02. The van der Waals surface area contributed by atoms with E-state index in [-0.39, 0.29) is 24.4 Å². The Kier molecular flexibility index (Phi) is 3.76. The fraction of sp³-hybridized carbons (Fsp3) is 0.267. The summed E-state index contributed by atoms with van der Waals surface area (Å²) in [5.41, 5.74) is 0.245. The fourth-order valence-corrected chi connectivity index (χ4v) is 2.56. The zero-order valence-corrected chi connectivity index (χ0v) is 12.3. The third-order valence-corrected chi connectivity index (χ3v) is 3.65. The molecule has 2 aromatic heterocycles. The molecule has 1 saturated heterocycles. The number of nitrogens with zero attached hydrogens (tertiary/aromatic N) is 5. The fourth-order valence-electron chi connectivity index (χ4n) is 2.56. The summed E-state index contributed by atoms with van der Waals surface area (Å²) in [7, 11) is 1.29. The Morgan fingerprint density at radius 1 is 1.48 bits per heavy atom. The van der Waals surface area contributed by atoms with Gasteiger partial charge in [0.1, 0.15) is 11.6 Å². The summed E-state index contributed by atoms with van der Waals surface area (Å²) < 4.78 is 6.13. The molecule has 2 aromatic rings. The number of anilines is 1. The first kappa shape index (κ1) is 14.7. The van der Waals surface area contributed by atoms with Crippen LogP contribution in [0.5, 0.6) is 0 Å². The number of nitriles is 1. The van der Waals surface area contributed by atoms with Gasteiger partial charge in [0.15, 0.2) is 11.6 Å². The standard InChI is InChI=1S/C15H13N5O3/c1-23-15(22)10-6-13(21)19(9-10)14-11(7-16)8-18-20(14)12-4-2-3-5-17-12/h2-5,8,10H,6,9H2,1H3. The number of amides is 1. The molecule has 0 aromatic carbocycles. The van der Waals surface area contributed by atoms with Crippen LogP contribution >= 0.6 is 0 Å². The van der Waals surface area contributed by atoms with Crippen LogP contribution < -0.4 is 4.90 Å². The second kappa shape index (κ2) is 5.88. The van der Waals surface area contributed by atoms with Gasteiger partial charge in [-0.3, -0.25) is 14.5 Å². The van der Waals surface area contributed by atoms with E-state index < -0.39 is 11.9 Å². The van der Waals surface area contributed by atoms with Gasteiger partial charge in [0.05, 0.1) is 19.2 Å². The number of esters is 1. The molecular formula is C15H13N5O3. The van der Waals surface area contributed by atoms with Gasteiger partial charge < -0.3 is 4.74 Å². The molecule has 1 unspecified atom stereocenters. The number of pyridine rings is 1. The molecule has 1 aliphatic heterocycles. The van der Waals surface area contributed by atoms with Crippen molar-refractivity contribution in [3.63, 3.8) is 0 Å². The monoisotopic (exact) mass is 311 g/mol. The zero-order valence-electron chi connectivity index (χ0n) is 12.3. The third kappa shape index (κ3) is 2.53. The minimum atomic E-state index is -0.550. The largest absolute Gasteiger partial charge is 0.469 e. The molecule has 1 aliphatic rings. The van der Waals surface area contributed by atoms with Crippen LogP contribution in [0.2, 0.25) is 0 Å². The van der Waals surface area contributed by atoms with E-state index >= 15 is 0 Å². The van der Waals surface area contributed by atoms with Gasteiger partial charge in [0.25, 0.3) is 0 Å². The highest BCUT2D eigenvalue weighted by molar-refractivity contribution is 5.99. The molecule has 0 saturated carbocycles. The summed E-state index contributed by atoms with van der Waals surface area (Å²) >= 11 is 0. The topological polar surface area (TPSA) is 101 Å². The number of aromatic nitrogens is 3. The van der Waals surface area contributed by atoms with Gasteiger partial charge in [-0.25, -0.2) is 4.98 Å². The summed E-state index contributed by atoms with van der Waals surface area (Å²) in [4.78, 5) is 29.6. The average Bonchev–Trinajstić information content (AvgIpc) is 3.17. The van der Waals surface area contributed by atoms with Crippen molar-refractivity contribution in [1.29, 1.82) is 5.26 Å². The lowest BCUT2D eigenvalue weighted by Gasteiger charge is -2.18. The molecule has 116 valence electrons. The van der Waals surface area contributed by atoms with Gasteiger partial charge in [-0.2, -0.15) is 15.0 Å². The number of hydrogen-bond acceptors (Lipinski definition) is 6. The van der Waals surface area contributed by atoms with Crippen molar-refractivity contribution in [2.75, 3.05) is 18.6 Å². The van der Waals surface area contributed by atoms with Crippen LogP contribution in [0.15, 0.2) is 30.6 Å². The van der Waals surface area contributed by atoms with Gasteiger partial charge in [0.2, 0.25) is 5.91 Å². The Morgan fingerprint density at radius 2 is 2.30 bits per heavy atom. The normalized spacial score (nSPS) is 17.1. The summed E-state index contributed by atoms with van der Waals surface area (Å²) in [5.74, 6) is -0.440. The number of methoxy groups -OCH3 is 1. The Bertz CT molecular complexity index is 793. The molecule has 0 radical (unpaired) electrons. The molecular weight excluding hydrogens is 298 g/mol. The first-order valence-electron chi connectivity index (χ1n) is 6.93. The van der Waals surface area contributed by atoms with Crippen molar-refractivity contribution < 1.29 is 14.3 Å². The van der Waals surface area contributed by atoms with Crippen molar-refractivity contribution in [2.24, 2.45) is 5.92 Å². The van der Waals surface area contributed by atoms with Crippen molar-refractivity contribution in [3.05, 3.63) is 36.2 Å². The SMILES string of the molecule is COC(=O)C1CC(=O)N(c2c(C#N)cnn2-c2ccccn2)C1. The molecule has 1 atom stereocenters. The molecule has 0 spiro atoms. The Morgan fingerprint density at radius 3 is 2.96 bits per heavy atom. The minimum Gasteiger partial charge on any atom is -0.469 e. The quantitative estimate of drug-likeness (QED) is 0.772. The van der Waals surface area contributed by atoms with Gasteiger partial charge >= 0.3 is 5.97 Å². The number of carbonyl (C=O) groups excluding carboxylic acids is 2. The minimum absolute atomic E-state index is 0.0466. The first-order chi connectivity index (χ1) is 11.2. The Labute approximate surface area is 131 Å². The number of carbonyl (C=O) groups is 2. The molecule has 8 nitrogen and oxygen atoms in total. The van der Waals surface area contributed by atoms with E-state index in [1.807, 2.05) is 6.07 Å². The highest BCUT2D eigenvalue weighted by Crippen LogP contribution is 2.30. The lowest BCUT2D eigenvalue weighted by molar-refractivity contribution is -0.145. The molecule has 0 bridgehead atoms. The van der Waals surface area contributed by atoms with E-state index in [1.54, 1.807) is 24.4 Å². The van der Waals surface area contributed by atoms with E-state index in [9.17, 15) is 14.9 Å². The number of rotatable bonds is 3. The van der Waals surface area contributed by atoms with Crippen molar-refractivity contribution in [3.8, 4) is 11.9 Å². The van der Waals surface area contributed by atoms with Crippen LogP contribution in [0.25, 0.3) is 5.82 Å². The molecule has 1 amide bonds. The smallest absolute Gasteiger partial charge is 0.311 e. The Balaban J connectivity index is 2.03. The van der Waals surface area contributed by atoms with Crippen LogP contribution in [0, 0.1) is 17.2 Å². The van der Waals surface area contributed by atoms with E-state index in [2.05, 4.69) is 10.1 Å². The highest BCUT2D eigenvalue weighted by atomic mass is 16.5. The lowest BCUT2D eigenvalue weighted by atomic mass is 10.1. The van der Waals surface area contributed by atoms with Crippen LogP contribution in [-0.4, -0.2) is 40.3 Å². The van der Waals surface area contributed by atoms with E-state index in [4.69, 9.17) is 4.74 Å². The van der Waals surface area contributed by atoms with Crippen molar-refractivity contribution >= 4 is 17.7 Å². The summed E-state index contributed by atoms with van der Waals surface area (Å²) in [5, 5.41) is 13.4. The molecule has 0 N–H and O–H groups in total. The van der Waals surface area contributed by atoms with Crippen LogP contribution in [0.1, 0.15) is 12.0 Å². The van der Waals surface area contributed by atoms with Gasteiger partial charge in [-0.05, 0) is 12.1 Å². The molecule has 8 heteroatoms. The van der Waals surface area contributed by atoms with Crippen molar-refractivity contribution in [2.45, 2.75) is 6.42 Å². The van der Waals surface area contributed by atoms with E-state index in [0.717, 1.165) is 0 Å². The van der Waals surface area contributed by atoms with E-state index in [1.165, 1.54) is 22.9 Å². The second-order valence-electron chi connectivity index (χ2n) is 5.02. The van der Waals surface area contributed by atoms with Crippen molar-refractivity contribution in [1.82, 2.24) is 14.8 Å². The maximum atomic E-state index is 12.3. The van der Waals surface area contributed by atoms with Gasteiger partial charge in [0, 0.05) is 19.2 Å². The molecule has 3 rings (SSSR count). The second-order valence-corrected chi connectivity index (χ2v) is 5.02. The number of ether oxygens (including phenoxy) is 1. The van der Waals surface area contributed by atoms with Crippen LogP contribution in [0.3, 0.4) is 0 Å².